The fourth-order valence-corrected chi connectivity index (χ4v) is 3.96. The molecule has 0 N–H and O–H groups in total. The number of oxazole rings is 1. The van der Waals surface area contributed by atoms with Crippen molar-refractivity contribution in [2.75, 3.05) is 0 Å². The fourth-order valence-electron chi connectivity index (χ4n) is 2.49. The van der Waals surface area contributed by atoms with E-state index in [-0.39, 0.29) is 0 Å². The number of thiazole rings is 1. The van der Waals surface area contributed by atoms with E-state index in [9.17, 15) is 4.79 Å². The number of nitrogens with zero attached hydrogens (tertiary/aromatic N) is 2. The molecule has 0 spiro atoms. The van der Waals surface area contributed by atoms with Crippen molar-refractivity contribution < 1.29 is 4.42 Å². The zero-order valence-electron chi connectivity index (χ0n) is 12.2. The summed E-state index contributed by atoms with van der Waals surface area (Å²) in [4.78, 5) is 16.7. The zero-order valence-corrected chi connectivity index (χ0v) is 15.4. The van der Waals surface area contributed by atoms with E-state index in [1.54, 1.807) is 10.6 Å². The van der Waals surface area contributed by atoms with Crippen molar-refractivity contribution in [3.8, 4) is 10.6 Å². The normalized spacial score (nSPS) is 11.2. The van der Waals surface area contributed by atoms with Gasteiger partial charge < -0.3 is 4.42 Å². The van der Waals surface area contributed by atoms with E-state index in [1.165, 1.54) is 11.3 Å². The Balaban J connectivity index is 1.71. The third-order valence-corrected chi connectivity index (χ3v) is 5.35. The van der Waals surface area contributed by atoms with Crippen molar-refractivity contribution in [1.29, 1.82) is 0 Å². The van der Waals surface area contributed by atoms with Crippen LogP contribution in [0.3, 0.4) is 0 Å². The van der Waals surface area contributed by atoms with Crippen LogP contribution in [0.2, 0.25) is 5.02 Å². The summed E-state index contributed by atoms with van der Waals surface area (Å²) >= 11 is 11.1. The van der Waals surface area contributed by atoms with Gasteiger partial charge in [0, 0.05) is 15.4 Å². The summed E-state index contributed by atoms with van der Waals surface area (Å²) in [5, 5.41) is 3.43. The maximum atomic E-state index is 12.1. The molecule has 120 valence electrons. The Hall–Kier alpha value is -1.89. The van der Waals surface area contributed by atoms with E-state index < -0.39 is 5.76 Å². The van der Waals surface area contributed by atoms with Gasteiger partial charge in [0.15, 0.2) is 5.58 Å². The van der Waals surface area contributed by atoms with Crippen molar-refractivity contribution >= 4 is 50.0 Å². The zero-order chi connectivity index (χ0) is 16.7. The smallest absolute Gasteiger partial charge is 0.408 e. The van der Waals surface area contributed by atoms with Crippen molar-refractivity contribution in [3.63, 3.8) is 0 Å². The SMILES string of the molecule is O=c1oc2cc(Br)ccc2n1Cc1csc(-c2ccccc2Cl)n1. The molecule has 0 saturated heterocycles. The first-order chi connectivity index (χ1) is 11.6. The molecule has 0 atom stereocenters. The highest BCUT2D eigenvalue weighted by molar-refractivity contribution is 9.10. The van der Waals surface area contributed by atoms with E-state index in [0.717, 1.165) is 26.3 Å². The minimum absolute atomic E-state index is 0.356. The Labute approximate surface area is 154 Å². The molecule has 0 unspecified atom stereocenters. The number of halogens is 2. The highest BCUT2D eigenvalue weighted by Gasteiger charge is 2.13. The van der Waals surface area contributed by atoms with Crippen molar-refractivity contribution in [2.24, 2.45) is 0 Å². The van der Waals surface area contributed by atoms with Crippen LogP contribution >= 0.6 is 38.9 Å². The highest BCUT2D eigenvalue weighted by Crippen LogP contribution is 2.30. The van der Waals surface area contributed by atoms with Gasteiger partial charge in [-0.3, -0.25) is 4.57 Å². The molecule has 2 aromatic heterocycles. The molecule has 24 heavy (non-hydrogen) atoms. The van der Waals surface area contributed by atoms with E-state index >= 15 is 0 Å². The van der Waals surface area contributed by atoms with Crippen LogP contribution in [0.1, 0.15) is 5.69 Å². The lowest BCUT2D eigenvalue weighted by atomic mass is 10.2. The largest absolute Gasteiger partial charge is 0.420 e. The number of rotatable bonds is 3. The number of hydrogen-bond donors (Lipinski definition) is 0. The standard InChI is InChI=1S/C17H10BrClN2O2S/c18-10-5-6-14-15(7-10)23-17(22)21(14)8-11-9-24-16(20-11)12-3-1-2-4-13(12)19/h1-7,9H,8H2. The predicted molar refractivity (Wildman–Crippen MR) is 99.8 cm³/mol. The fraction of sp³-hybridized carbons (Fsp3) is 0.0588. The molecule has 0 aliphatic heterocycles. The molecule has 2 heterocycles. The monoisotopic (exact) mass is 420 g/mol. The van der Waals surface area contributed by atoms with Crippen LogP contribution < -0.4 is 5.76 Å². The number of fused-ring (bicyclic) bond motifs is 1. The Kier molecular flexibility index (Phi) is 4.04. The molecule has 4 aromatic rings. The lowest BCUT2D eigenvalue weighted by Gasteiger charge is -2.00. The van der Waals surface area contributed by atoms with Crippen LogP contribution in [0.25, 0.3) is 21.7 Å². The minimum atomic E-state index is -0.393. The van der Waals surface area contributed by atoms with Crippen molar-refractivity contribution in [3.05, 3.63) is 73.6 Å². The first-order valence-corrected chi connectivity index (χ1v) is 9.15. The van der Waals surface area contributed by atoms with Crippen molar-refractivity contribution in [2.45, 2.75) is 6.54 Å². The molecule has 4 rings (SSSR count). The molecule has 4 nitrogen and oxygen atoms in total. The molecule has 0 aliphatic rings. The van der Waals surface area contributed by atoms with Gasteiger partial charge in [-0.05, 0) is 24.3 Å². The number of hydrogen-bond acceptors (Lipinski definition) is 4. The summed E-state index contributed by atoms with van der Waals surface area (Å²) in [6, 6.07) is 13.1. The average molecular weight is 422 g/mol. The van der Waals surface area contributed by atoms with Crippen LogP contribution in [0.4, 0.5) is 0 Å². The summed E-state index contributed by atoms with van der Waals surface area (Å²) in [5.74, 6) is -0.393. The second-order valence-electron chi connectivity index (χ2n) is 5.19. The maximum absolute atomic E-state index is 12.1. The molecule has 0 saturated carbocycles. The average Bonchev–Trinajstić information content (AvgIpc) is 3.13. The summed E-state index contributed by atoms with van der Waals surface area (Å²) < 4.78 is 7.74. The van der Waals surface area contributed by atoms with Gasteiger partial charge in [-0.2, -0.15) is 0 Å². The first kappa shape index (κ1) is 15.6. The topological polar surface area (TPSA) is 48.0 Å². The van der Waals surface area contributed by atoms with E-state index in [2.05, 4.69) is 20.9 Å². The summed E-state index contributed by atoms with van der Waals surface area (Å²) in [6.45, 7) is 0.356. The third-order valence-electron chi connectivity index (χ3n) is 3.61. The molecule has 2 aromatic carbocycles. The Morgan fingerprint density at radius 2 is 2.08 bits per heavy atom. The van der Waals surface area contributed by atoms with Crippen LogP contribution in [-0.4, -0.2) is 9.55 Å². The van der Waals surface area contributed by atoms with Gasteiger partial charge in [0.2, 0.25) is 0 Å². The molecule has 7 heteroatoms. The summed E-state index contributed by atoms with van der Waals surface area (Å²) in [6.07, 6.45) is 0. The lowest BCUT2D eigenvalue weighted by Crippen LogP contribution is -2.15. The molecular formula is C17H10BrClN2O2S. The molecule has 0 fully saturated rings. The Morgan fingerprint density at radius 3 is 2.92 bits per heavy atom. The van der Waals surface area contributed by atoms with Gasteiger partial charge in [-0.15, -0.1) is 11.3 Å². The van der Waals surface area contributed by atoms with Gasteiger partial charge >= 0.3 is 5.76 Å². The second-order valence-corrected chi connectivity index (χ2v) is 7.37. The quantitative estimate of drug-likeness (QED) is 0.458. The van der Waals surface area contributed by atoms with E-state index in [0.29, 0.717) is 17.2 Å². The Bertz CT molecular complexity index is 1100. The van der Waals surface area contributed by atoms with E-state index in [4.69, 9.17) is 16.0 Å². The summed E-state index contributed by atoms with van der Waals surface area (Å²) in [7, 11) is 0. The molecule has 0 bridgehead atoms. The number of benzene rings is 2. The summed E-state index contributed by atoms with van der Waals surface area (Å²) in [5.41, 5.74) is 2.98. The molecule has 0 aliphatic carbocycles. The van der Waals surface area contributed by atoms with Gasteiger partial charge in [0.05, 0.1) is 22.8 Å². The minimum Gasteiger partial charge on any atom is -0.408 e. The highest BCUT2D eigenvalue weighted by atomic mass is 79.9. The van der Waals surface area contributed by atoms with Gasteiger partial charge in [-0.1, -0.05) is 45.7 Å². The molecule has 0 amide bonds. The van der Waals surface area contributed by atoms with Gasteiger partial charge in [0.1, 0.15) is 5.01 Å². The van der Waals surface area contributed by atoms with Crippen LogP contribution in [0, 0.1) is 0 Å². The van der Waals surface area contributed by atoms with Gasteiger partial charge in [-0.25, -0.2) is 9.78 Å². The maximum Gasteiger partial charge on any atom is 0.420 e. The van der Waals surface area contributed by atoms with Crippen LogP contribution in [-0.2, 0) is 6.54 Å². The first-order valence-electron chi connectivity index (χ1n) is 7.10. The van der Waals surface area contributed by atoms with Crippen LogP contribution in [0.15, 0.2) is 61.5 Å². The predicted octanol–water partition coefficient (Wildman–Crippen LogP) is 5.18. The second kappa shape index (κ2) is 6.20. The van der Waals surface area contributed by atoms with Crippen molar-refractivity contribution in [1.82, 2.24) is 9.55 Å². The van der Waals surface area contributed by atoms with Crippen LogP contribution in [0.5, 0.6) is 0 Å². The number of aromatic nitrogens is 2. The lowest BCUT2D eigenvalue weighted by molar-refractivity contribution is 0.516. The van der Waals surface area contributed by atoms with E-state index in [1.807, 2.05) is 41.8 Å². The molecule has 0 radical (unpaired) electrons. The molecular weight excluding hydrogens is 412 g/mol. The van der Waals surface area contributed by atoms with Gasteiger partial charge in [0.25, 0.3) is 0 Å². The Morgan fingerprint density at radius 1 is 1.25 bits per heavy atom. The third kappa shape index (κ3) is 2.81.